The van der Waals surface area contributed by atoms with Crippen LogP contribution < -0.4 is 15.8 Å². The van der Waals surface area contributed by atoms with Crippen molar-refractivity contribution in [1.82, 2.24) is 14.0 Å². The molecule has 0 unspecified atom stereocenters. The van der Waals surface area contributed by atoms with Gasteiger partial charge in [-0.3, -0.25) is 33.2 Å². The Kier molecular flexibility index (Phi) is 8.12. The number of esters is 1. The van der Waals surface area contributed by atoms with Crippen molar-refractivity contribution in [3.05, 3.63) is 97.5 Å². The fraction of sp³-hybridized carbons (Fsp3) is 0.303. The maximum atomic E-state index is 12.5. The number of rotatable bonds is 8. The monoisotopic (exact) mass is 610 g/mol. The Morgan fingerprint density at radius 1 is 1.09 bits per heavy atom. The molecule has 0 spiro atoms. The lowest BCUT2D eigenvalue weighted by Crippen LogP contribution is -2.37. The van der Waals surface area contributed by atoms with Crippen LogP contribution >= 0.6 is 0 Å². The average Bonchev–Trinajstić information content (AvgIpc) is 3.45. The number of ether oxygens (including phenoxy) is 1. The molecule has 1 aromatic carbocycles. The van der Waals surface area contributed by atoms with Gasteiger partial charge in [0.05, 0.1) is 23.7 Å². The summed E-state index contributed by atoms with van der Waals surface area (Å²) < 4.78 is 9.22. The predicted molar refractivity (Wildman–Crippen MR) is 162 cm³/mol. The van der Waals surface area contributed by atoms with E-state index in [1.165, 1.54) is 26.2 Å². The molecule has 1 N–H and O–H groups in total. The third kappa shape index (κ3) is 5.60. The molecule has 3 aromatic rings. The fourth-order valence-electron chi connectivity index (χ4n) is 5.65. The molecule has 2 amide bonds. The Labute approximate surface area is 258 Å². The van der Waals surface area contributed by atoms with Crippen molar-refractivity contribution in [3.8, 4) is 17.6 Å². The highest BCUT2D eigenvalue weighted by molar-refractivity contribution is 6.04. The normalized spacial score (nSPS) is 15.4. The number of fused-ring (bicyclic) bond motifs is 3. The van der Waals surface area contributed by atoms with Crippen LogP contribution in [0.5, 0.6) is 5.88 Å². The van der Waals surface area contributed by atoms with E-state index in [2.05, 4.69) is 30.6 Å². The van der Waals surface area contributed by atoms with Gasteiger partial charge in [0.2, 0.25) is 23.4 Å². The van der Waals surface area contributed by atoms with Crippen LogP contribution in [0.3, 0.4) is 0 Å². The number of aromatic nitrogens is 3. The zero-order chi connectivity index (χ0) is 32.6. The molecular weight excluding hydrogens is 578 g/mol. The van der Waals surface area contributed by atoms with Gasteiger partial charge >= 0.3 is 11.7 Å². The number of hydrogen-bond donors (Lipinski definition) is 1. The van der Waals surface area contributed by atoms with E-state index in [9.17, 15) is 34.3 Å². The van der Waals surface area contributed by atoms with Crippen molar-refractivity contribution in [3.63, 3.8) is 0 Å². The number of carbonyl (C=O) groups excluding carboxylic acids is 3. The van der Waals surface area contributed by atoms with Crippen LogP contribution in [0.25, 0.3) is 17.3 Å². The molecule has 0 radical (unpaired) electrons. The Hall–Kier alpha value is -5.57. The molecule has 2 aliphatic rings. The van der Waals surface area contributed by atoms with Gasteiger partial charge in [0.1, 0.15) is 12.1 Å². The van der Waals surface area contributed by atoms with Crippen molar-refractivity contribution in [2.24, 2.45) is 14.1 Å². The fourth-order valence-corrected chi connectivity index (χ4v) is 5.65. The van der Waals surface area contributed by atoms with Crippen LogP contribution in [0.1, 0.15) is 54.6 Å². The second kappa shape index (κ2) is 11.8. The van der Waals surface area contributed by atoms with E-state index in [-0.39, 0.29) is 43.4 Å². The molecule has 5 rings (SSSR count). The molecule has 2 aliphatic heterocycles. The van der Waals surface area contributed by atoms with Gasteiger partial charge < -0.3 is 9.84 Å². The first-order valence-electron chi connectivity index (χ1n) is 14.3. The average molecular weight is 611 g/mol. The van der Waals surface area contributed by atoms with E-state index in [1.54, 1.807) is 6.08 Å². The highest BCUT2D eigenvalue weighted by Gasteiger charge is 2.44. The highest BCUT2D eigenvalue weighted by atomic mass is 16.5. The lowest BCUT2D eigenvalue weighted by atomic mass is 9.82. The Balaban J connectivity index is 1.32. The van der Waals surface area contributed by atoms with Crippen molar-refractivity contribution in [1.29, 1.82) is 5.26 Å². The van der Waals surface area contributed by atoms with E-state index in [0.717, 1.165) is 36.5 Å². The number of nitriles is 1. The molecule has 12 heteroatoms. The predicted octanol–water partition coefficient (Wildman–Crippen LogP) is 1.56. The summed E-state index contributed by atoms with van der Waals surface area (Å²) in [5.74, 6) is -1.81. The van der Waals surface area contributed by atoms with Crippen molar-refractivity contribution in [2.75, 3.05) is 13.2 Å². The summed E-state index contributed by atoms with van der Waals surface area (Å²) >= 11 is 0. The first kappa shape index (κ1) is 30.9. The number of aromatic hydroxyl groups is 1. The Bertz CT molecular complexity index is 1980. The number of imide groups is 1. The van der Waals surface area contributed by atoms with Gasteiger partial charge in [-0.05, 0) is 37.6 Å². The molecule has 12 nitrogen and oxygen atoms in total. The molecule has 4 heterocycles. The van der Waals surface area contributed by atoms with Crippen molar-refractivity contribution in [2.45, 2.75) is 38.5 Å². The first-order valence-corrected chi connectivity index (χ1v) is 14.3. The maximum Gasteiger partial charge on any atom is 0.333 e. The molecule has 230 valence electrons. The van der Waals surface area contributed by atoms with Crippen LogP contribution in [0.15, 0.2) is 58.3 Å². The van der Waals surface area contributed by atoms with E-state index >= 15 is 0 Å². The van der Waals surface area contributed by atoms with Crippen LogP contribution in [0.4, 0.5) is 0 Å². The zero-order valence-corrected chi connectivity index (χ0v) is 25.4. The summed E-state index contributed by atoms with van der Waals surface area (Å²) in [5.41, 5.74) is 3.13. The Morgan fingerprint density at radius 2 is 1.80 bits per heavy atom. The smallest absolute Gasteiger partial charge is 0.333 e. The molecule has 2 aromatic heterocycles. The van der Waals surface area contributed by atoms with Crippen LogP contribution in [0.2, 0.25) is 0 Å². The number of carbonyl (C=O) groups is 3. The lowest BCUT2D eigenvalue weighted by molar-refractivity contribution is -0.599. The minimum Gasteiger partial charge on any atom is -0.494 e. The molecule has 1 fully saturated rings. The topological polar surface area (TPSA) is 156 Å². The quantitative estimate of drug-likeness (QED) is 0.132. The summed E-state index contributed by atoms with van der Waals surface area (Å²) in [6.45, 7) is 3.89. The number of hydrogen-bond acceptors (Lipinski definition) is 8. The third-order valence-corrected chi connectivity index (χ3v) is 8.31. The number of likely N-dealkylation sites (tertiary alicyclic amines) is 1. The van der Waals surface area contributed by atoms with Gasteiger partial charge in [-0.15, -0.1) is 0 Å². The minimum atomic E-state index is -0.653. The standard InChI is InChI=1S/C33H31N5O7/c1-33(2)24-16-20(13-15-45-29(41)19-38-27(39)10-11-28(38)40)8-9-25(24)37-14-12-21(17-26(33)37)22(18-34)6-5-7-23-30(42)35(3)32(44)36(4)31(23)43/h5-9,12,14,16-17H,10-11,13,15,19H2,1-4H3/p+1. The number of amides is 2. The van der Waals surface area contributed by atoms with E-state index in [4.69, 9.17) is 4.74 Å². The molecule has 1 saturated heterocycles. The number of benzene rings is 1. The van der Waals surface area contributed by atoms with E-state index in [1.807, 2.05) is 30.5 Å². The molecular formula is C33H32N5O7+. The summed E-state index contributed by atoms with van der Waals surface area (Å²) in [5, 5.41) is 20.2. The second-order valence-corrected chi connectivity index (χ2v) is 11.5. The summed E-state index contributed by atoms with van der Waals surface area (Å²) in [4.78, 5) is 61.1. The van der Waals surface area contributed by atoms with Gasteiger partial charge in [0.25, 0.3) is 5.56 Å². The number of pyridine rings is 1. The van der Waals surface area contributed by atoms with Crippen molar-refractivity contribution >= 4 is 29.4 Å². The SMILES string of the molecule is Cn1c(O)c(C=CC=C(C#N)c2cc[n+]3c(c2)C(C)(C)c2cc(CCOC(=O)CN4C(=O)CCC4=O)ccc2-3)c(=O)n(C)c1=O. The van der Waals surface area contributed by atoms with Gasteiger partial charge in [-0.2, -0.15) is 9.83 Å². The van der Waals surface area contributed by atoms with Crippen LogP contribution in [-0.4, -0.2) is 50.1 Å². The molecule has 0 atom stereocenters. The van der Waals surface area contributed by atoms with Gasteiger partial charge in [0, 0.05) is 62.7 Å². The molecule has 45 heavy (non-hydrogen) atoms. The summed E-state index contributed by atoms with van der Waals surface area (Å²) in [7, 11) is 2.68. The van der Waals surface area contributed by atoms with Gasteiger partial charge in [-0.25, -0.2) is 4.79 Å². The molecule has 0 bridgehead atoms. The minimum absolute atomic E-state index is 0.0726. The number of nitrogens with zero attached hydrogens (tertiary/aromatic N) is 5. The van der Waals surface area contributed by atoms with Crippen LogP contribution in [0, 0.1) is 11.3 Å². The lowest BCUT2D eigenvalue weighted by Gasteiger charge is -2.16. The summed E-state index contributed by atoms with van der Waals surface area (Å²) in [6, 6.07) is 12.0. The third-order valence-electron chi connectivity index (χ3n) is 8.31. The van der Waals surface area contributed by atoms with Gasteiger partial charge in [0.15, 0.2) is 11.9 Å². The van der Waals surface area contributed by atoms with E-state index < -0.39 is 28.5 Å². The highest BCUT2D eigenvalue weighted by Crippen LogP contribution is 2.39. The molecule has 0 saturated carbocycles. The van der Waals surface area contributed by atoms with Gasteiger partial charge in [-0.1, -0.05) is 12.1 Å². The van der Waals surface area contributed by atoms with E-state index in [0.29, 0.717) is 17.6 Å². The largest absolute Gasteiger partial charge is 0.494 e. The van der Waals surface area contributed by atoms with Crippen molar-refractivity contribution < 1.29 is 28.8 Å². The summed E-state index contributed by atoms with van der Waals surface area (Å²) in [6.07, 6.45) is 6.97. The van der Waals surface area contributed by atoms with Crippen LogP contribution in [-0.2, 0) is 45.1 Å². The molecule has 0 aliphatic carbocycles. The number of allylic oxidation sites excluding steroid dienone is 3. The zero-order valence-electron chi connectivity index (χ0n) is 25.4. The maximum absolute atomic E-state index is 12.5. The Morgan fingerprint density at radius 3 is 2.49 bits per heavy atom. The first-order chi connectivity index (χ1) is 21.3. The second-order valence-electron chi connectivity index (χ2n) is 11.5.